The van der Waals surface area contributed by atoms with Gasteiger partial charge in [0.15, 0.2) is 0 Å². The van der Waals surface area contributed by atoms with Crippen molar-refractivity contribution in [2.24, 2.45) is 5.92 Å². The molecule has 1 aliphatic heterocycles. The smallest absolute Gasteiger partial charge is 0.253 e. The van der Waals surface area contributed by atoms with Gasteiger partial charge < -0.3 is 10.1 Å². The van der Waals surface area contributed by atoms with Gasteiger partial charge >= 0.3 is 0 Å². The van der Waals surface area contributed by atoms with Crippen LogP contribution in [-0.2, 0) is 10.0 Å². The Morgan fingerprint density at radius 1 is 1.20 bits per heavy atom. The quantitative estimate of drug-likeness (QED) is 0.713. The van der Waals surface area contributed by atoms with Crippen LogP contribution < -0.4 is 10.1 Å². The monoisotopic (exact) mass is 450 g/mol. The van der Waals surface area contributed by atoms with Crippen molar-refractivity contribution in [3.8, 4) is 5.75 Å². The summed E-state index contributed by atoms with van der Waals surface area (Å²) in [5.74, 6) is 0.731. The van der Waals surface area contributed by atoms with Crippen LogP contribution in [0.15, 0.2) is 47.4 Å². The third kappa shape index (κ3) is 4.79. The SMILES string of the molecule is COc1ccccc1C(C)NC(=O)c1cc(S(=O)(=O)N2CCC(C)CC2)ccc1Cl. The van der Waals surface area contributed by atoms with Gasteiger partial charge in [-0.15, -0.1) is 0 Å². The molecule has 1 heterocycles. The third-order valence-electron chi connectivity index (χ3n) is 5.52. The van der Waals surface area contributed by atoms with E-state index < -0.39 is 15.9 Å². The molecule has 0 bridgehead atoms. The zero-order chi connectivity index (χ0) is 21.9. The van der Waals surface area contributed by atoms with Crippen molar-refractivity contribution < 1.29 is 17.9 Å². The highest BCUT2D eigenvalue weighted by Gasteiger charge is 2.29. The summed E-state index contributed by atoms with van der Waals surface area (Å²) in [6.45, 7) is 4.92. The number of sulfonamides is 1. The number of benzene rings is 2. The van der Waals surface area contributed by atoms with Gasteiger partial charge in [-0.3, -0.25) is 4.79 Å². The number of methoxy groups -OCH3 is 1. The summed E-state index contributed by atoms with van der Waals surface area (Å²) >= 11 is 6.24. The molecule has 0 saturated carbocycles. The first-order valence-corrected chi connectivity index (χ1v) is 11.8. The summed E-state index contributed by atoms with van der Waals surface area (Å²) < 4.78 is 32.9. The number of amides is 1. The van der Waals surface area contributed by atoms with Crippen LogP contribution >= 0.6 is 11.6 Å². The molecular formula is C22H27ClN2O4S. The van der Waals surface area contributed by atoms with E-state index >= 15 is 0 Å². The predicted molar refractivity (Wildman–Crippen MR) is 117 cm³/mol. The Balaban J connectivity index is 1.83. The molecule has 2 aromatic rings. The van der Waals surface area contributed by atoms with Crippen LogP contribution in [0.25, 0.3) is 0 Å². The van der Waals surface area contributed by atoms with Crippen LogP contribution in [0.4, 0.5) is 0 Å². The van der Waals surface area contributed by atoms with Gasteiger partial charge in [0, 0.05) is 18.7 Å². The van der Waals surface area contributed by atoms with Gasteiger partial charge in [-0.25, -0.2) is 8.42 Å². The Labute approximate surface area is 183 Å². The van der Waals surface area contributed by atoms with Gasteiger partial charge in [-0.05, 0) is 49.9 Å². The first kappa shape index (κ1) is 22.6. The minimum Gasteiger partial charge on any atom is -0.496 e. The van der Waals surface area contributed by atoms with E-state index in [1.807, 2.05) is 31.2 Å². The molecule has 1 fully saturated rings. The molecule has 0 spiro atoms. The van der Waals surface area contributed by atoms with Gasteiger partial charge in [-0.1, -0.05) is 36.7 Å². The number of carbonyl (C=O) groups is 1. The van der Waals surface area contributed by atoms with Crippen LogP contribution in [0.5, 0.6) is 5.75 Å². The Bertz CT molecular complexity index is 1020. The molecule has 30 heavy (non-hydrogen) atoms. The number of halogens is 1. The molecule has 2 aromatic carbocycles. The fourth-order valence-corrected chi connectivity index (χ4v) is 5.29. The normalized spacial score (nSPS) is 16.8. The van der Waals surface area contributed by atoms with Crippen LogP contribution in [0.3, 0.4) is 0 Å². The number of para-hydroxylation sites is 1. The molecule has 162 valence electrons. The van der Waals surface area contributed by atoms with Crippen LogP contribution in [0.1, 0.15) is 48.7 Å². The molecule has 8 heteroatoms. The maximum Gasteiger partial charge on any atom is 0.253 e. The van der Waals surface area contributed by atoms with Crippen molar-refractivity contribution in [1.82, 2.24) is 9.62 Å². The maximum absolute atomic E-state index is 13.0. The highest BCUT2D eigenvalue weighted by atomic mass is 35.5. The molecule has 0 aliphatic carbocycles. The van der Waals surface area contributed by atoms with E-state index in [1.54, 1.807) is 7.11 Å². The summed E-state index contributed by atoms with van der Waals surface area (Å²) in [4.78, 5) is 13.0. The lowest BCUT2D eigenvalue weighted by atomic mass is 10.0. The second kappa shape index (κ2) is 9.37. The van der Waals surface area contributed by atoms with Crippen molar-refractivity contribution >= 4 is 27.5 Å². The lowest BCUT2D eigenvalue weighted by Crippen LogP contribution is -2.38. The highest BCUT2D eigenvalue weighted by Crippen LogP contribution is 2.28. The van der Waals surface area contributed by atoms with E-state index in [9.17, 15) is 13.2 Å². The molecule has 3 rings (SSSR count). The molecule has 6 nitrogen and oxygen atoms in total. The summed E-state index contributed by atoms with van der Waals surface area (Å²) in [5, 5.41) is 3.08. The molecule has 1 N–H and O–H groups in total. The summed E-state index contributed by atoms with van der Waals surface area (Å²) in [5.41, 5.74) is 0.945. The number of piperidine rings is 1. The van der Waals surface area contributed by atoms with Crippen LogP contribution in [0, 0.1) is 5.92 Å². The minimum absolute atomic E-state index is 0.0801. The number of carbonyl (C=O) groups excluding carboxylic acids is 1. The molecule has 1 aliphatic rings. The summed E-state index contributed by atoms with van der Waals surface area (Å²) in [7, 11) is -2.11. The van der Waals surface area contributed by atoms with Gasteiger partial charge in [0.1, 0.15) is 5.75 Å². The van der Waals surface area contributed by atoms with Crippen molar-refractivity contribution in [2.45, 2.75) is 37.6 Å². The molecule has 1 atom stereocenters. The predicted octanol–water partition coefficient (Wildman–Crippen LogP) is 4.26. The van der Waals surface area contributed by atoms with Crippen LogP contribution in [-0.4, -0.2) is 38.8 Å². The Morgan fingerprint density at radius 3 is 2.53 bits per heavy atom. The van der Waals surface area contributed by atoms with Crippen molar-refractivity contribution in [2.75, 3.05) is 20.2 Å². The molecule has 1 saturated heterocycles. The zero-order valence-electron chi connectivity index (χ0n) is 17.4. The largest absolute Gasteiger partial charge is 0.496 e. The van der Waals surface area contributed by atoms with Crippen molar-refractivity contribution in [3.63, 3.8) is 0 Å². The number of hydrogen-bond donors (Lipinski definition) is 1. The lowest BCUT2D eigenvalue weighted by Gasteiger charge is -2.29. The van der Waals surface area contributed by atoms with E-state index in [0.29, 0.717) is 24.8 Å². The molecular weight excluding hydrogens is 424 g/mol. The van der Waals surface area contributed by atoms with Crippen molar-refractivity contribution in [1.29, 1.82) is 0 Å². The van der Waals surface area contributed by atoms with Gasteiger partial charge in [0.25, 0.3) is 5.91 Å². The second-order valence-electron chi connectivity index (χ2n) is 7.67. The van der Waals surface area contributed by atoms with E-state index in [0.717, 1.165) is 18.4 Å². The van der Waals surface area contributed by atoms with E-state index in [1.165, 1.54) is 22.5 Å². The summed E-state index contributed by atoms with van der Waals surface area (Å²) in [6.07, 6.45) is 1.66. The second-order valence-corrected chi connectivity index (χ2v) is 10.0. The third-order valence-corrected chi connectivity index (χ3v) is 7.74. The topological polar surface area (TPSA) is 75.7 Å². The Kier molecular flexibility index (Phi) is 7.06. The summed E-state index contributed by atoms with van der Waals surface area (Å²) in [6, 6.07) is 11.3. The molecule has 1 unspecified atom stereocenters. The average molecular weight is 451 g/mol. The van der Waals surface area contributed by atoms with Gasteiger partial charge in [0.05, 0.1) is 28.6 Å². The van der Waals surface area contributed by atoms with Crippen LogP contribution in [0.2, 0.25) is 5.02 Å². The number of nitrogens with one attached hydrogen (secondary N) is 1. The first-order chi connectivity index (χ1) is 14.2. The lowest BCUT2D eigenvalue weighted by molar-refractivity contribution is 0.0939. The Hall–Kier alpha value is -2.09. The minimum atomic E-state index is -3.67. The number of rotatable bonds is 6. The Morgan fingerprint density at radius 2 is 1.87 bits per heavy atom. The molecule has 0 radical (unpaired) electrons. The van der Waals surface area contributed by atoms with E-state index in [-0.39, 0.29) is 21.5 Å². The van der Waals surface area contributed by atoms with E-state index in [2.05, 4.69) is 12.2 Å². The van der Waals surface area contributed by atoms with E-state index in [4.69, 9.17) is 16.3 Å². The van der Waals surface area contributed by atoms with Gasteiger partial charge in [-0.2, -0.15) is 4.31 Å². The number of ether oxygens (including phenoxy) is 1. The standard InChI is InChI=1S/C22H27ClN2O4S/c1-15-10-12-25(13-11-15)30(27,28)17-8-9-20(23)19(14-17)22(26)24-16(2)18-6-4-5-7-21(18)29-3/h4-9,14-16H,10-13H2,1-3H3,(H,24,26). The van der Waals surface area contributed by atoms with Crippen molar-refractivity contribution in [3.05, 3.63) is 58.6 Å². The maximum atomic E-state index is 13.0. The molecule has 0 aromatic heterocycles. The number of nitrogens with zero attached hydrogens (tertiary/aromatic N) is 1. The highest BCUT2D eigenvalue weighted by molar-refractivity contribution is 7.89. The zero-order valence-corrected chi connectivity index (χ0v) is 19.0. The number of hydrogen-bond acceptors (Lipinski definition) is 4. The average Bonchev–Trinajstić information content (AvgIpc) is 2.74. The van der Waals surface area contributed by atoms with Gasteiger partial charge in [0.2, 0.25) is 10.0 Å². The molecule has 1 amide bonds. The first-order valence-electron chi connectivity index (χ1n) is 9.97. The fraction of sp³-hybridized carbons (Fsp3) is 0.409. The fourth-order valence-electron chi connectivity index (χ4n) is 3.59.